The van der Waals surface area contributed by atoms with Gasteiger partial charge < -0.3 is 9.47 Å². The molecule has 1 atom stereocenters. The molecule has 0 bridgehead atoms. The topological polar surface area (TPSA) is 18.5 Å². The molecule has 0 spiro atoms. The molecular formula is C7H12O2. The van der Waals surface area contributed by atoms with E-state index in [-0.39, 0.29) is 6.10 Å². The molecule has 0 aromatic carbocycles. The Labute approximate surface area is 55.8 Å². The van der Waals surface area contributed by atoms with Gasteiger partial charge in [0.1, 0.15) is 12.7 Å². The van der Waals surface area contributed by atoms with Crippen molar-refractivity contribution in [3.63, 3.8) is 0 Å². The molecule has 0 aliphatic heterocycles. The molecular weight excluding hydrogens is 116 g/mol. The Balaban J connectivity index is 3.14. The van der Waals surface area contributed by atoms with Crippen LogP contribution in [0.4, 0.5) is 0 Å². The van der Waals surface area contributed by atoms with E-state index in [0.717, 1.165) is 0 Å². The van der Waals surface area contributed by atoms with Gasteiger partial charge in [-0.1, -0.05) is 13.2 Å². The second-order valence-corrected chi connectivity index (χ2v) is 1.61. The molecule has 0 aromatic rings. The van der Waals surface area contributed by atoms with Gasteiger partial charge in [0, 0.05) is 0 Å². The van der Waals surface area contributed by atoms with Crippen LogP contribution in [0, 0.1) is 0 Å². The predicted octanol–water partition coefficient (Wildman–Crippen LogP) is 1.70. The van der Waals surface area contributed by atoms with E-state index in [1.807, 2.05) is 6.92 Å². The third-order valence-electron chi connectivity index (χ3n) is 0.777. The van der Waals surface area contributed by atoms with Crippen molar-refractivity contribution in [2.45, 2.75) is 13.0 Å². The molecule has 0 radical (unpaired) electrons. The van der Waals surface area contributed by atoms with Crippen LogP contribution in [0.25, 0.3) is 0 Å². The van der Waals surface area contributed by atoms with E-state index >= 15 is 0 Å². The maximum Gasteiger partial charge on any atom is 0.129 e. The molecule has 0 fully saturated rings. The van der Waals surface area contributed by atoms with E-state index in [9.17, 15) is 0 Å². The molecule has 2 heteroatoms. The Morgan fingerprint density at radius 3 is 2.56 bits per heavy atom. The zero-order chi connectivity index (χ0) is 7.11. The van der Waals surface area contributed by atoms with Crippen molar-refractivity contribution in [1.29, 1.82) is 0 Å². The Morgan fingerprint density at radius 2 is 2.11 bits per heavy atom. The second kappa shape index (κ2) is 5.22. The van der Waals surface area contributed by atoms with Gasteiger partial charge in [0.25, 0.3) is 0 Å². The maximum atomic E-state index is 4.94. The molecule has 0 rings (SSSR count). The van der Waals surface area contributed by atoms with Gasteiger partial charge in [-0.25, -0.2) is 0 Å². The molecule has 2 nitrogen and oxygen atoms in total. The summed E-state index contributed by atoms with van der Waals surface area (Å²) >= 11 is 0. The first-order valence-electron chi connectivity index (χ1n) is 2.80. The summed E-state index contributed by atoms with van der Waals surface area (Å²) in [5, 5.41) is 0. The smallest absolute Gasteiger partial charge is 0.129 e. The highest BCUT2D eigenvalue weighted by Crippen LogP contribution is 1.90. The summed E-state index contributed by atoms with van der Waals surface area (Å²) in [7, 11) is 0. The first-order chi connectivity index (χ1) is 4.31. The van der Waals surface area contributed by atoms with Crippen molar-refractivity contribution in [1.82, 2.24) is 0 Å². The minimum Gasteiger partial charge on any atom is -0.498 e. The third kappa shape index (κ3) is 4.94. The summed E-state index contributed by atoms with van der Waals surface area (Å²) in [5.74, 6) is 0. The highest BCUT2D eigenvalue weighted by molar-refractivity contribution is 4.58. The first-order valence-corrected chi connectivity index (χ1v) is 2.80. The molecule has 9 heavy (non-hydrogen) atoms. The SMILES string of the molecule is C=COCC(C)OC=C. The minimum atomic E-state index is 0.0560. The Bertz CT molecular complexity index is 88.9. The van der Waals surface area contributed by atoms with Gasteiger partial charge in [0.15, 0.2) is 0 Å². The molecule has 0 saturated heterocycles. The number of hydrogen-bond donors (Lipinski definition) is 0. The van der Waals surface area contributed by atoms with E-state index in [1.54, 1.807) is 0 Å². The fraction of sp³-hybridized carbons (Fsp3) is 0.429. The average Bonchev–Trinajstić information content (AvgIpc) is 1.85. The lowest BCUT2D eigenvalue weighted by Gasteiger charge is -2.08. The number of hydrogen-bond acceptors (Lipinski definition) is 2. The van der Waals surface area contributed by atoms with Crippen molar-refractivity contribution in [2.75, 3.05) is 6.61 Å². The quantitative estimate of drug-likeness (QED) is 0.524. The van der Waals surface area contributed by atoms with Gasteiger partial charge in [-0.3, -0.25) is 0 Å². The highest BCUT2D eigenvalue weighted by Gasteiger charge is 1.96. The zero-order valence-corrected chi connectivity index (χ0v) is 5.67. The van der Waals surface area contributed by atoms with Gasteiger partial charge in [-0.2, -0.15) is 0 Å². The number of rotatable bonds is 5. The molecule has 0 aromatic heterocycles. The van der Waals surface area contributed by atoms with Crippen molar-refractivity contribution >= 4 is 0 Å². The van der Waals surface area contributed by atoms with Crippen LogP contribution in [0.2, 0.25) is 0 Å². The van der Waals surface area contributed by atoms with E-state index in [0.29, 0.717) is 6.61 Å². The highest BCUT2D eigenvalue weighted by atomic mass is 16.5. The summed E-state index contributed by atoms with van der Waals surface area (Å²) in [6.07, 6.45) is 2.85. The molecule has 0 amide bonds. The van der Waals surface area contributed by atoms with Crippen LogP contribution in [0.1, 0.15) is 6.92 Å². The Kier molecular flexibility index (Phi) is 4.69. The lowest BCUT2D eigenvalue weighted by Crippen LogP contribution is -2.10. The van der Waals surface area contributed by atoms with Crippen LogP contribution >= 0.6 is 0 Å². The summed E-state index contributed by atoms with van der Waals surface area (Å²) in [5.41, 5.74) is 0. The van der Waals surface area contributed by atoms with Crippen LogP contribution in [-0.4, -0.2) is 12.7 Å². The average molecular weight is 128 g/mol. The fourth-order valence-corrected chi connectivity index (χ4v) is 0.407. The standard InChI is InChI=1S/C7H12O2/c1-4-8-6-7(3)9-5-2/h4-5,7H,1-2,6H2,3H3. The maximum absolute atomic E-state index is 4.94. The Hall–Kier alpha value is -0.920. The van der Waals surface area contributed by atoms with Crippen molar-refractivity contribution in [3.8, 4) is 0 Å². The Morgan fingerprint density at radius 1 is 1.44 bits per heavy atom. The lowest BCUT2D eigenvalue weighted by molar-refractivity contribution is 0.0823. The van der Waals surface area contributed by atoms with Crippen LogP contribution in [-0.2, 0) is 9.47 Å². The van der Waals surface area contributed by atoms with Crippen LogP contribution < -0.4 is 0 Å². The largest absolute Gasteiger partial charge is 0.498 e. The predicted molar refractivity (Wildman–Crippen MR) is 36.9 cm³/mol. The van der Waals surface area contributed by atoms with Crippen LogP contribution in [0.5, 0.6) is 0 Å². The monoisotopic (exact) mass is 128 g/mol. The second-order valence-electron chi connectivity index (χ2n) is 1.61. The van der Waals surface area contributed by atoms with Crippen molar-refractivity contribution in [3.05, 3.63) is 25.7 Å². The van der Waals surface area contributed by atoms with Gasteiger partial charge in [-0.05, 0) is 6.92 Å². The van der Waals surface area contributed by atoms with Crippen LogP contribution in [0.15, 0.2) is 25.7 Å². The van der Waals surface area contributed by atoms with E-state index in [2.05, 4.69) is 13.2 Å². The fourth-order valence-electron chi connectivity index (χ4n) is 0.407. The minimum absolute atomic E-state index is 0.0560. The number of ether oxygens (including phenoxy) is 2. The molecule has 0 saturated carbocycles. The normalized spacial score (nSPS) is 11.7. The summed E-state index contributed by atoms with van der Waals surface area (Å²) in [4.78, 5) is 0. The lowest BCUT2D eigenvalue weighted by atomic mass is 10.4. The molecule has 0 N–H and O–H groups in total. The summed E-state index contributed by atoms with van der Waals surface area (Å²) in [6, 6.07) is 0. The van der Waals surface area contributed by atoms with Crippen LogP contribution in [0.3, 0.4) is 0 Å². The first kappa shape index (κ1) is 8.08. The van der Waals surface area contributed by atoms with E-state index in [4.69, 9.17) is 9.47 Å². The van der Waals surface area contributed by atoms with Crippen molar-refractivity contribution < 1.29 is 9.47 Å². The summed E-state index contributed by atoms with van der Waals surface area (Å²) < 4.78 is 9.77. The molecule has 1 unspecified atom stereocenters. The van der Waals surface area contributed by atoms with Gasteiger partial charge in [0.2, 0.25) is 0 Å². The van der Waals surface area contributed by atoms with Gasteiger partial charge in [0.05, 0.1) is 12.5 Å². The molecule has 0 heterocycles. The van der Waals surface area contributed by atoms with Crippen molar-refractivity contribution in [2.24, 2.45) is 0 Å². The molecule has 0 aliphatic rings. The van der Waals surface area contributed by atoms with Gasteiger partial charge >= 0.3 is 0 Å². The third-order valence-corrected chi connectivity index (χ3v) is 0.777. The molecule has 0 aliphatic carbocycles. The zero-order valence-electron chi connectivity index (χ0n) is 5.67. The van der Waals surface area contributed by atoms with Gasteiger partial charge in [-0.15, -0.1) is 0 Å². The van der Waals surface area contributed by atoms with E-state index < -0.39 is 0 Å². The molecule has 52 valence electrons. The van der Waals surface area contributed by atoms with E-state index in [1.165, 1.54) is 12.5 Å². The summed E-state index contributed by atoms with van der Waals surface area (Å²) in [6.45, 7) is 9.21.